The van der Waals surface area contributed by atoms with Crippen LogP contribution in [0.15, 0.2) is 90.1 Å². The molecular formula is C35H38FN3O2. The van der Waals surface area contributed by atoms with Gasteiger partial charge in [0.15, 0.2) is 5.78 Å². The molecule has 1 aliphatic carbocycles. The number of para-hydroxylation sites is 2. The first-order valence-electron chi connectivity index (χ1n) is 14.7. The third kappa shape index (κ3) is 5.65. The van der Waals surface area contributed by atoms with Crippen LogP contribution in [0.5, 0.6) is 0 Å². The molecule has 1 unspecified atom stereocenters. The van der Waals surface area contributed by atoms with Crippen LogP contribution in [0.3, 0.4) is 0 Å². The molecule has 0 saturated carbocycles. The lowest BCUT2D eigenvalue weighted by Gasteiger charge is -2.39. The molecule has 1 atom stereocenters. The summed E-state index contributed by atoms with van der Waals surface area (Å²) >= 11 is 0. The Hall–Kier alpha value is -3.93. The molecule has 1 saturated heterocycles. The minimum absolute atomic E-state index is 0.00369. The molecule has 0 aromatic heterocycles. The van der Waals surface area contributed by atoms with Gasteiger partial charge in [-0.3, -0.25) is 9.59 Å². The Balaban J connectivity index is 1.32. The fourth-order valence-corrected chi connectivity index (χ4v) is 6.83. The Morgan fingerprint density at radius 3 is 2.37 bits per heavy atom. The topological polar surface area (TPSA) is 52.7 Å². The van der Waals surface area contributed by atoms with Crippen LogP contribution in [0.2, 0.25) is 0 Å². The van der Waals surface area contributed by atoms with Gasteiger partial charge in [-0.15, -0.1) is 0 Å². The van der Waals surface area contributed by atoms with Crippen molar-refractivity contribution in [1.29, 1.82) is 0 Å². The van der Waals surface area contributed by atoms with E-state index in [1.807, 2.05) is 40.1 Å². The number of carbonyl (C=O) groups excluding carboxylic acids is 2. The maximum absolute atomic E-state index is 15.5. The Bertz CT molecular complexity index is 1470. The normalized spacial score (nSPS) is 20.7. The van der Waals surface area contributed by atoms with Crippen molar-refractivity contribution in [3.8, 4) is 0 Å². The predicted molar refractivity (Wildman–Crippen MR) is 161 cm³/mol. The molecule has 2 aliphatic heterocycles. The summed E-state index contributed by atoms with van der Waals surface area (Å²) in [7, 11) is 0. The zero-order chi connectivity index (χ0) is 28.6. The van der Waals surface area contributed by atoms with E-state index in [1.54, 1.807) is 18.2 Å². The average molecular weight is 552 g/mol. The molecule has 0 radical (unpaired) electrons. The summed E-state index contributed by atoms with van der Waals surface area (Å²) in [5.41, 5.74) is 4.56. The number of hydrogen-bond donors (Lipinski definition) is 1. The number of hydrogen-bond acceptors (Lipinski definition) is 4. The number of likely N-dealkylation sites (tertiary alicyclic amines) is 1. The largest absolute Gasteiger partial charge is 0.357 e. The highest BCUT2D eigenvalue weighted by atomic mass is 19.1. The number of anilines is 2. The third-order valence-electron chi connectivity index (χ3n) is 8.84. The van der Waals surface area contributed by atoms with Crippen LogP contribution in [0.25, 0.3) is 0 Å². The molecule has 1 amide bonds. The molecule has 6 rings (SSSR count). The van der Waals surface area contributed by atoms with Crippen molar-refractivity contribution in [1.82, 2.24) is 4.90 Å². The Morgan fingerprint density at radius 1 is 0.927 bits per heavy atom. The fraction of sp³-hybridized carbons (Fsp3) is 0.371. The molecule has 2 heterocycles. The first kappa shape index (κ1) is 27.3. The molecule has 3 aromatic rings. The quantitative estimate of drug-likeness (QED) is 0.374. The Morgan fingerprint density at radius 2 is 1.61 bits per heavy atom. The average Bonchev–Trinajstić information content (AvgIpc) is 3.08. The number of fused-ring (bicyclic) bond motifs is 1. The number of benzene rings is 3. The van der Waals surface area contributed by atoms with Gasteiger partial charge in [0, 0.05) is 36.3 Å². The van der Waals surface area contributed by atoms with Crippen molar-refractivity contribution in [2.24, 2.45) is 11.3 Å². The smallest absolute Gasteiger partial charge is 0.242 e. The monoisotopic (exact) mass is 551 g/mol. The van der Waals surface area contributed by atoms with E-state index in [9.17, 15) is 9.59 Å². The predicted octanol–water partition coefficient (Wildman–Crippen LogP) is 6.92. The number of ketones is 1. The number of rotatable bonds is 5. The van der Waals surface area contributed by atoms with Gasteiger partial charge < -0.3 is 15.1 Å². The standard InChI is InChI=1S/C35H38FN3O2/c1-35(2)21-29-33(31(40)22-35)34(26-12-6-7-13-27(26)36)39(30-15-9-8-14-28(30)37-29)23-32(41)38-18-16-25(17-19-38)20-24-10-4-3-5-11-24/h3-15,25,34,37H,16-23H2,1-2H3. The minimum atomic E-state index is -0.703. The third-order valence-corrected chi connectivity index (χ3v) is 8.84. The van der Waals surface area contributed by atoms with Gasteiger partial charge in [0.1, 0.15) is 5.82 Å². The van der Waals surface area contributed by atoms with Crippen molar-refractivity contribution >= 4 is 23.1 Å². The lowest BCUT2D eigenvalue weighted by atomic mass is 9.73. The number of nitrogens with one attached hydrogen (secondary N) is 1. The molecule has 212 valence electrons. The summed E-state index contributed by atoms with van der Waals surface area (Å²) in [5, 5.41) is 3.55. The Labute approximate surface area is 242 Å². The lowest BCUT2D eigenvalue weighted by molar-refractivity contribution is -0.131. The SMILES string of the molecule is CC1(C)CC(=O)C2=C(C1)Nc1ccccc1N(CC(=O)N1CCC(Cc3ccccc3)CC1)C2c1ccccc1F. The van der Waals surface area contributed by atoms with E-state index in [0.717, 1.165) is 36.3 Å². The summed E-state index contributed by atoms with van der Waals surface area (Å²) in [6.07, 6.45) is 3.99. The van der Waals surface area contributed by atoms with Crippen LogP contribution in [-0.2, 0) is 16.0 Å². The van der Waals surface area contributed by atoms with Crippen LogP contribution >= 0.6 is 0 Å². The maximum Gasteiger partial charge on any atom is 0.242 e. The first-order chi connectivity index (χ1) is 19.8. The second-order valence-corrected chi connectivity index (χ2v) is 12.5. The highest BCUT2D eigenvalue weighted by Crippen LogP contribution is 2.48. The van der Waals surface area contributed by atoms with Crippen molar-refractivity contribution in [3.05, 3.63) is 107 Å². The number of halogens is 1. The molecule has 1 N–H and O–H groups in total. The molecule has 6 heteroatoms. The van der Waals surface area contributed by atoms with Crippen LogP contribution < -0.4 is 10.2 Å². The zero-order valence-corrected chi connectivity index (χ0v) is 23.9. The highest BCUT2D eigenvalue weighted by molar-refractivity contribution is 6.02. The van der Waals surface area contributed by atoms with Gasteiger partial charge in [0.2, 0.25) is 5.91 Å². The summed E-state index contributed by atoms with van der Waals surface area (Å²) in [6.45, 7) is 5.65. The van der Waals surface area contributed by atoms with E-state index in [4.69, 9.17) is 0 Å². The summed E-state index contributed by atoms with van der Waals surface area (Å²) in [6, 6.07) is 24.3. The molecular weight excluding hydrogens is 513 g/mol. The van der Waals surface area contributed by atoms with Gasteiger partial charge in [-0.1, -0.05) is 74.5 Å². The van der Waals surface area contributed by atoms with Gasteiger partial charge in [-0.05, 0) is 60.8 Å². The summed E-state index contributed by atoms with van der Waals surface area (Å²) in [5.74, 6) is 0.183. The van der Waals surface area contributed by atoms with Crippen molar-refractivity contribution in [2.75, 3.05) is 29.9 Å². The van der Waals surface area contributed by atoms with E-state index in [-0.39, 0.29) is 29.5 Å². The second-order valence-electron chi connectivity index (χ2n) is 12.5. The molecule has 3 aromatic carbocycles. The van der Waals surface area contributed by atoms with E-state index in [2.05, 4.69) is 43.4 Å². The van der Waals surface area contributed by atoms with Gasteiger partial charge in [0.25, 0.3) is 0 Å². The van der Waals surface area contributed by atoms with E-state index in [1.165, 1.54) is 11.6 Å². The van der Waals surface area contributed by atoms with Crippen molar-refractivity contribution in [2.45, 2.75) is 52.0 Å². The molecule has 0 bridgehead atoms. The number of nitrogens with zero attached hydrogens (tertiary/aromatic N) is 2. The van der Waals surface area contributed by atoms with Crippen LogP contribution in [0, 0.1) is 17.2 Å². The minimum Gasteiger partial charge on any atom is -0.357 e. The fourth-order valence-electron chi connectivity index (χ4n) is 6.83. The summed E-state index contributed by atoms with van der Waals surface area (Å²) < 4.78 is 15.5. The molecule has 0 spiro atoms. The number of allylic oxidation sites excluding steroid dienone is 1. The number of carbonyl (C=O) groups is 2. The maximum atomic E-state index is 15.5. The Kier molecular flexibility index (Phi) is 7.41. The van der Waals surface area contributed by atoms with E-state index < -0.39 is 6.04 Å². The van der Waals surface area contributed by atoms with Gasteiger partial charge in [-0.25, -0.2) is 4.39 Å². The van der Waals surface area contributed by atoms with E-state index >= 15 is 4.39 Å². The van der Waals surface area contributed by atoms with Crippen LogP contribution in [-0.4, -0.2) is 36.2 Å². The summed E-state index contributed by atoms with van der Waals surface area (Å²) in [4.78, 5) is 31.7. The highest BCUT2D eigenvalue weighted by Gasteiger charge is 2.43. The molecule has 5 nitrogen and oxygen atoms in total. The zero-order valence-electron chi connectivity index (χ0n) is 23.9. The number of amides is 1. The lowest BCUT2D eigenvalue weighted by Crippen LogP contribution is -2.46. The van der Waals surface area contributed by atoms with Gasteiger partial charge in [-0.2, -0.15) is 0 Å². The number of Topliss-reactive ketones (excluding diaryl/α,β-unsaturated/α-hetero) is 1. The first-order valence-corrected chi connectivity index (χ1v) is 14.7. The molecule has 41 heavy (non-hydrogen) atoms. The van der Waals surface area contributed by atoms with Crippen LogP contribution in [0.4, 0.5) is 15.8 Å². The van der Waals surface area contributed by atoms with Crippen molar-refractivity contribution in [3.63, 3.8) is 0 Å². The van der Waals surface area contributed by atoms with Crippen molar-refractivity contribution < 1.29 is 14.0 Å². The second kappa shape index (κ2) is 11.2. The molecule has 3 aliphatic rings. The van der Waals surface area contributed by atoms with Gasteiger partial charge in [0.05, 0.1) is 24.0 Å². The number of piperidine rings is 1. The van der Waals surface area contributed by atoms with Gasteiger partial charge >= 0.3 is 0 Å². The van der Waals surface area contributed by atoms with Crippen LogP contribution in [0.1, 0.15) is 56.7 Å². The van der Waals surface area contributed by atoms with E-state index in [0.29, 0.717) is 43.0 Å². The molecule has 1 fully saturated rings.